The lowest BCUT2D eigenvalue weighted by atomic mass is 9.85. The van der Waals surface area contributed by atoms with Crippen molar-refractivity contribution in [3.63, 3.8) is 0 Å². The summed E-state index contributed by atoms with van der Waals surface area (Å²) in [7, 11) is 0. The zero-order valence-corrected chi connectivity index (χ0v) is 19.3. The molecule has 0 saturated carbocycles. The van der Waals surface area contributed by atoms with Crippen molar-refractivity contribution in [2.45, 2.75) is 32.1 Å². The number of hydrogen-bond acceptors (Lipinski definition) is 4. The molecule has 2 heterocycles. The lowest BCUT2D eigenvalue weighted by Crippen LogP contribution is -2.30. The van der Waals surface area contributed by atoms with Crippen molar-refractivity contribution < 1.29 is 19.2 Å². The fourth-order valence-electron chi connectivity index (χ4n) is 5.87. The number of allylic oxidation sites excluding steroid dienone is 4. The van der Waals surface area contributed by atoms with E-state index in [9.17, 15) is 19.2 Å². The molecule has 0 radical (unpaired) electrons. The van der Waals surface area contributed by atoms with E-state index in [2.05, 4.69) is 0 Å². The first-order valence-electron chi connectivity index (χ1n) is 12.3. The summed E-state index contributed by atoms with van der Waals surface area (Å²) >= 11 is 0. The van der Waals surface area contributed by atoms with E-state index < -0.39 is 0 Å². The fraction of sp³-hybridized carbons (Fsp3) is 0.310. The lowest BCUT2D eigenvalue weighted by molar-refractivity contribution is -0.124. The third-order valence-electron chi connectivity index (χ3n) is 7.81. The van der Waals surface area contributed by atoms with Gasteiger partial charge in [-0.3, -0.25) is 29.0 Å². The predicted octanol–water partition coefficient (Wildman–Crippen LogP) is 4.19. The van der Waals surface area contributed by atoms with Crippen LogP contribution in [0.5, 0.6) is 0 Å². The van der Waals surface area contributed by atoms with Gasteiger partial charge < -0.3 is 0 Å². The molecule has 2 fully saturated rings. The smallest absolute Gasteiger partial charge is 0.238 e. The summed E-state index contributed by atoms with van der Waals surface area (Å²) in [5.74, 6) is -1.35. The van der Waals surface area contributed by atoms with E-state index in [1.165, 1.54) is 9.80 Å². The van der Waals surface area contributed by atoms with Gasteiger partial charge in [-0.2, -0.15) is 0 Å². The van der Waals surface area contributed by atoms with Crippen LogP contribution in [-0.2, 0) is 25.6 Å². The zero-order valence-electron chi connectivity index (χ0n) is 19.3. The van der Waals surface area contributed by atoms with Gasteiger partial charge in [-0.15, -0.1) is 0 Å². The van der Waals surface area contributed by atoms with Crippen LogP contribution in [0.2, 0.25) is 0 Å². The molecule has 6 rings (SSSR count). The van der Waals surface area contributed by atoms with Gasteiger partial charge in [0.05, 0.1) is 35.0 Å². The Morgan fingerprint density at radius 1 is 0.486 bits per heavy atom. The van der Waals surface area contributed by atoms with Gasteiger partial charge in [-0.1, -0.05) is 48.6 Å². The highest BCUT2D eigenvalue weighted by Gasteiger charge is 2.48. The van der Waals surface area contributed by atoms with E-state index in [1.807, 2.05) is 72.8 Å². The quantitative estimate of drug-likeness (QED) is 0.500. The van der Waals surface area contributed by atoms with Crippen LogP contribution in [0.4, 0.5) is 11.4 Å². The van der Waals surface area contributed by atoms with Gasteiger partial charge in [0.15, 0.2) is 0 Å². The fourth-order valence-corrected chi connectivity index (χ4v) is 5.87. The van der Waals surface area contributed by atoms with Crippen LogP contribution in [-0.4, -0.2) is 23.6 Å². The SMILES string of the molecule is O=C1C2CC=CCC2C(=O)N1c1ccc(Cc2ccc(N3C(=O)C4CC=CCC4C3=O)cc2)cc1. The van der Waals surface area contributed by atoms with Gasteiger partial charge >= 0.3 is 0 Å². The summed E-state index contributed by atoms with van der Waals surface area (Å²) in [5.41, 5.74) is 3.33. The maximum atomic E-state index is 12.8. The molecule has 6 heteroatoms. The summed E-state index contributed by atoms with van der Waals surface area (Å²) in [6.07, 6.45) is 11.1. The summed E-state index contributed by atoms with van der Waals surface area (Å²) in [4.78, 5) is 53.9. The van der Waals surface area contributed by atoms with Crippen molar-refractivity contribution in [2.75, 3.05) is 9.80 Å². The van der Waals surface area contributed by atoms with Crippen LogP contribution in [0, 0.1) is 23.7 Å². The zero-order chi connectivity index (χ0) is 24.1. The van der Waals surface area contributed by atoms with Gasteiger partial charge in [-0.05, 0) is 67.5 Å². The minimum atomic E-state index is -0.236. The standard InChI is InChI=1S/C29H26N2O4/c32-26-22-5-1-2-6-23(22)27(33)30(26)20-13-9-18(10-14-20)17-19-11-15-21(16-12-19)31-28(34)24-7-3-4-8-25(24)29(31)35/h1-4,9-16,22-25H,5-8,17H2. The minimum absolute atomic E-state index is 0.102. The molecular weight excluding hydrogens is 440 g/mol. The molecule has 0 N–H and O–H groups in total. The van der Waals surface area contributed by atoms with Crippen LogP contribution in [0.1, 0.15) is 36.8 Å². The Morgan fingerprint density at radius 3 is 1.06 bits per heavy atom. The largest absolute Gasteiger partial charge is 0.274 e. The summed E-state index contributed by atoms with van der Waals surface area (Å²) in [6.45, 7) is 0. The average Bonchev–Trinajstić information content (AvgIpc) is 3.30. The summed E-state index contributed by atoms with van der Waals surface area (Å²) in [6, 6.07) is 15.1. The Bertz CT molecular complexity index is 1120. The number of benzene rings is 2. The molecule has 6 nitrogen and oxygen atoms in total. The highest BCUT2D eigenvalue weighted by molar-refractivity contribution is 6.23. The first-order valence-corrected chi connectivity index (χ1v) is 12.3. The number of carbonyl (C=O) groups excluding carboxylic acids is 4. The second kappa shape index (κ2) is 8.45. The van der Waals surface area contributed by atoms with Crippen LogP contribution < -0.4 is 9.80 Å². The van der Waals surface area contributed by atoms with Gasteiger partial charge in [0.2, 0.25) is 23.6 Å². The molecule has 0 bridgehead atoms. The summed E-state index contributed by atoms with van der Waals surface area (Å²) < 4.78 is 0. The topological polar surface area (TPSA) is 74.8 Å². The molecule has 176 valence electrons. The second-order valence-electron chi connectivity index (χ2n) is 9.85. The van der Waals surface area contributed by atoms with E-state index in [-0.39, 0.29) is 47.3 Å². The van der Waals surface area contributed by atoms with Crippen molar-refractivity contribution in [1.29, 1.82) is 0 Å². The molecule has 4 atom stereocenters. The molecular formula is C29H26N2O4. The molecule has 4 amide bonds. The number of nitrogens with zero attached hydrogens (tertiary/aromatic N) is 2. The number of imide groups is 2. The predicted molar refractivity (Wildman–Crippen MR) is 131 cm³/mol. The van der Waals surface area contributed by atoms with Crippen LogP contribution in [0.25, 0.3) is 0 Å². The van der Waals surface area contributed by atoms with Crippen molar-refractivity contribution in [3.8, 4) is 0 Å². The highest BCUT2D eigenvalue weighted by atomic mass is 16.2. The van der Waals surface area contributed by atoms with E-state index in [1.54, 1.807) is 0 Å². The van der Waals surface area contributed by atoms with Gasteiger partial charge in [-0.25, -0.2) is 0 Å². The average molecular weight is 467 g/mol. The normalized spacial score (nSPS) is 27.5. The molecule has 0 spiro atoms. The van der Waals surface area contributed by atoms with Crippen molar-refractivity contribution >= 4 is 35.0 Å². The number of amides is 4. The van der Waals surface area contributed by atoms with Gasteiger partial charge in [0.25, 0.3) is 0 Å². The number of fused-ring (bicyclic) bond motifs is 2. The van der Waals surface area contributed by atoms with E-state index in [0.29, 0.717) is 43.5 Å². The molecule has 0 aromatic heterocycles. The maximum absolute atomic E-state index is 12.8. The Morgan fingerprint density at radius 2 is 0.771 bits per heavy atom. The number of anilines is 2. The third kappa shape index (κ3) is 3.55. The highest BCUT2D eigenvalue weighted by Crippen LogP contribution is 2.39. The monoisotopic (exact) mass is 466 g/mol. The van der Waals surface area contributed by atoms with Crippen molar-refractivity contribution in [1.82, 2.24) is 0 Å². The van der Waals surface area contributed by atoms with Crippen molar-refractivity contribution in [2.24, 2.45) is 23.7 Å². The first kappa shape index (κ1) is 21.7. The number of carbonyl (C=O) groups is 4. The van der Waals surface area contributed by atoms with Gasteiger partial charge in [0.1, 0.15) is 0 Å². The molecule has 4 unspecified atom stereocenters. The molecule has 2 aromatic carbocycles. The Kier molecular flexibility index (Phi) is 5.24. The minimum Gasteiger partial charge on any atom is -0.274 e. The molecule has 2 saturated heterocycles. The van der Waals surface area contributed by atoms with Crippen molar-refractivity contribution in [3.05, 3.63) is 84.0 Å². The van der Waals surface area contributed by atoms with Crippen LogP contribution in [0.3, 0.4) is 0 Å². The molecule has 2 aliphatic heterocycles. The molecule has 2 aromatic rings. The molecule has 2 aliphatic carbocycles. The molecule has 35 heavy (non-hydrogen) atoms. The van der Waals surface area contributed by atoms with Crippen LogP contribution >= 0.6 is 0 Å². The lowest BCUT2D eigenvalue weighted by Gasteiger charge is -2.16. The third-order valence-corrected chi connectivity index (χ3v) is 7.81. The maximum Gasteiger partial charge on any atom is 0.238 e. The Balaban J connectivity index is 1.15. The van der Waals surface area contributed by atoms with Crippen LogP contribution in [0.15, 0.2) is 72.8 Å². The first-order chi connectivity index (χ1) is 17.0. The van der Waals surface area contributed by atoms with E-state index in [0.717, 1.165) is 11.1 Å². The van der Waals surface area contributed by atoms with E-state index in [4.69, 9.17) is 0 Å². The second-order valence-corrected chi connectivity index (χ2v) is 9.85. The number of hydrogen-bond donors (Lipinski definition) is 0. The Labute approximate surface area is 203 Å². The van der Waals surface area contributed by atoms with E-state index >= 15 is 0 Å². The number of rotatable bonds is 4. The summed E-state index contributed by atoms with van der Waals surface area (Å²) in [5, 5.41) is 0. The molecule has 4 aliphatic rings. The van der Waals surface area contributed by atoms with Gasteiger partial charge in [0, 0.05) is 0 Å². The Hall–Kier alpha value is -3.80.